The van der Waals surface area contributed by atoms with Crippen LogP contribution in [0.5, 0.6) is 5.75 Å². The summed E-state index contributed by atoms with van der Waals surface area (Å²) >= 11 is 11.9. The number of hydrogen-bond donors (Lipinski definition) is 2. The van der Waals surface area contributed by atoms with Crippen molar-refractivity contribution in [3.8, 4) is 5.75 Å². The van der Waals surface area contributed by atoms with Crippen LogP contribution in [0.2, 0.25) is 10.0 Å². The van der Waals surface area contributed by atoms with E-state index in [0.717, 1.165) is 30.6 Å². The summed E-state index contributed by atoms with van der Waals surface area (Å²) in [5, 5.41) is 11.5. The number of aromatic nitrogens is 2. The lowest BCUT2D eigenvalue weighted by Gasteiger charge is -2.18. The summed E-state index contributed by atoms with van der Waals surface area (Å²) < 4.78 is 5.94. The zero-order valence-corrected chi connectivity index (χ0v) is 16.3. The lowest BCUT2D eigenvalue weighted by atomic mass is 10.1. The average molecular weight is 418 g/mol. The lowest BCUT2D eigenvalue weighted by Crippen LogP contribution is -2.33. The van der Waals surface area contributed by atoms with Gasteiger partial charge in [-0.2, -0.15) is 5.10 Å². The molecule has 0 radical (unpaired) electrons. The van der Waals surface area contributed by atoms with Crippen LogP contribution in [0.3, 0.4) is 0 Å². The lowest BCUT2D eigenvalue weighted by molar-refractivity contribution is 0.0765. The van der Waals surface area contributed by atoms with Crippen LogP contribution < -0.4 is 10.1 Å². The number of carbonyl (C=O) groups is 1. The first-order valence-electron chi connectivity index (χ1n) is 8.29. The molecule has 1 unspecified atom stereocenters. The molecule has 1 amide bonds. The standard InChI is InChI=1S/C17H18Cl2N4O2.ClH/c18-13-2-1-10(7-14(13)19)25-11-4-6-23(9-11)17(24)16-12-8-20-5-3-15(12)21-22-16;/h1-2,7,11,20H,3-6,8-9H2,(H,21,22);1H. The van der Waals surface area contributed by atoms with E-state index in [9.17, 15) is 4.79 Å². The first-order valence-corrected chi connectivity index (χ1v) is 9.05. The third-order valence-electron chi connectivity index (χ3n) is 4.63. The smallest absolute Gasteiger partial charge is 0.274 e. The van der Waals surface area contributed by atoms with Crippen LogP contribution in [0.25, 0.3) is 0 Å². The monoisotopic (exact) mass is 416 g/mol. The number of ether oxygens (including phenoxy) is 1. The number of carbonyl (C=O) groups excluding carboxylic acids is 1. The largest absolute Gasteiger partial charge is 0.488 e. The Balaban J connectivity index is 0.00000196. The summed E-state index contributed by atoms with van der Waals surface area (Å²) in [6.07, 6.45) is 1.59. The number of halogens is 3. The van der Waals surface area contributed by atoms with Crippen molar-refractivity contribution in [2.45, 2.75) is 25.5 Å². The Morgan fingerprint density at radius 2 is 2.15 bits per heavy atom. The molecule has 2 aromatic rings. The molecule has 3 heterocycles. The van der Waals surface area contributed by atoms with Crippen LogP contribution in [-0.2, 0) is 13.0 Å². The first-order chi connectivity index (χ1) is 12.1. The number of H-pyrrole nitrogens is 1. The van der Waals surface area contributed by atoms with Gasteiger partial charge in [0.1, 0.15) is 11.9 Å². The maximum atomic E-state index is 12.8. The number of benzene rings is 1. The maximum Gasteiger partial charge on any atom is 0.274 e. The molecule has 0 saturated carbocycles. The van der Waals surface area contributed by atoms with Crippen LogP contribution in [-0.4, -0.2) is 46.7 Å². The fourth-order valence-corrected chi connectivity index (χ4v) is 3.59. The molecular weight excluding hydrogens is 399 g/mol. The van der Waals surface area contributed by atoms with E-state index in [1.165, 1.54) is 0 Å². The van der Waals surface area contributed by atoms with Gasteiger partial charge in [0.15, 0.2) is 5.69 Å². The van der Waals surface area contributed by atoms with Crippen molar-refractivity contribution in [3.05, 3.63) is 45.2 Å². The normalized spacial score (nSPS) is 19.0. The highest BCUT2D eigenvalue weighted by atomic mass is 35.5. The van der Waals surface area contributed by atoms with E-state index in [0.29, 0.717) is 41.1 Å². The van der Waals surface area contributed by atoms with Crippen molar-refractivity contribution >= 4 is 41.5 Å². The summed E-state index contributed by atoms with van der Waals surface area (Å²) in [6, 6.07) is 5.19. The zero-order chi connectivity index (χ0) is 17.4. The highest BCUT2D eigenvalue weighted by molar-refractivity contribution is 6.42. The molecule has 4 rings (SSSR count). The Bertz CT molecular complexity index is 811. The molecule has 2 aliphatic rings. The quantitative estimate of drug-likeness (QED) is 0.805. The van der Waals surface area contributed by atoms with Crippen molar-refractivity contribution in [3.63, 3.8) is 0 Å². The van der Waals surface area contributed by atoms with Crippen LogP contribution in [0, 0.1) is 0 Å². The molecule has 6 nitrogen and oxygen atoms in total. The van der Waals surface area contributed by atoms with Crippen molar-refractivity contribution in [2.75, 3.05) is 19.6 Å². The molecule has 26 heavy (non-hydrogen) atoms. The fourth-order valence-electron chi connectivity index (χ4n) is 3.30. The van der Waals surface area contributed by atoms with Gasteiger partial charge in [0, 0.05) is 49.8 Å². The topological polar surface area (TPSA) is 70.2 Å². The van der Waals surface area contributed by atoms with Gasteiger partial charge in [0.25, 0.3) is 5.91 Å². The summed E-state index contributed by atoms with van der Waals surface area (Å²) in [4.78, 5) is 14.6. The number of fused-ring (bicyclic) bond motifs is 1. The van der Waals surface area contributed by atoms with Crippen molar-refractivity contribution < 1.29 is 9.53 Å². The molecule has 2 N–H and O–H groups in total. The first kappa shape index (κ1) is 19.3. The summed E-state index contributed by atoms with van der Waals surface area (Å²) in [5.74, 6) is 0.622. The zero-order valence-electron chi connectivity index (χ0n) is 13.9. The van der Waals surface area contributed by atoms with Gasteiger partial charge in [-0.25, -0.2) is 0 Å². The third-order valence-corrected chi connectivity index (χ3v) is 5.37. The van der Waals surface area contributed by atoms with E-state index < -0.39 is 0 Å². The Labute approximate surface area is 167 Å². The number of nitrogens with zero attached hydrogens (tertiary/aromatic N) is 2. The average Bonchev–Trinajstić information content (AvgIpc) is 3.24. The van der Waals surface area contributed by atoms with Gasteiger partial charge in [-0.1, -0.05) is 23.2 Å². The van der Waals surface area contributed by atoms with Gasteiger partial charge >= 0.3 is 0 Å². The molecule has 1 fully saturated rings. The van der Waals surface area contributed by atoms with Gasteiger partial charge in [0.2, 0.25) is 0 Å². The SMILES string of the molecule is Cl.O=C(c1n[nH]c2c1CNCC2)N1CCC(Oc2ccc(Cl)c(Cl)c2)C1. The number of nitrogens with one attached hydrogen (secondary N) is 2. The second-order valence-corrected chi connectivity index (χ2v) is 7.13. The van der Waals surface area contributed by atoms with Crippen LogP contribution >= 0.6 is 35.6 Å². The highest BCUT2D eigenvalue weighted by Crippen LogP contribution is 2.28. The minimum atomic E-state index is -0.0610. The van der Waals surface area contributed by atoms with Gasteiger partial charge < -0.3 is 15.0 Å². The van der Waals surface area contributed by atoms with Gasteiger partial charge in [0.05, 0.1) is 16.6 Å². The second kappa shape index (κ2) is 8.05. The van der Waals surface area contributed by atoms with E-state index >= 15 is 0 Å². The van der Waals surface area contributed by atoms with Crippen LogP contribution in [0.1, 0.15) is 28.2 Å². The predicted molar refractivity (Wildman–Crippen MR) is 103 cm³/mol. The molecule has 1 atom stereocenters. The number of likely N-dealkylation sites (tertiary alicyclic amines) is 1. The van der Waals surface area contributed by atoms with Crippen molar-refractivity contribution in [1.29, 1.82) is 0 Å². The van der Waals surface area contributed by atoms with Crippen molar-refractivity contribution in [2.24, 2.45) is 0 Å². The molecule has 2 aliphatic heterocycles. The summed E-state index contributed by atoms with van der Waals surface area (Å²) in [5.41, 5.74) is 2.58. The number of amides is 1. The highest BCUT2D eigenvalue weighted by Gasteiger charge is 2.32. The van der Waals surface area contributed by atoms with Gasteiger partial charge in [-0.3, -0.25) is 9.89 Å². The van der Waals surface area contributed by atoms with E-state index in [4.69, 9.17) is 27.9 Å². The molecule has 0 spiro atoms. The number of hydrogen-bond acceptors (Lipinski definition) is 4. The third kappa shape index (κ3) is 3.78. The van der Waals surface area contributed by atoms with Crippen molar-refractivity contribution in [1.82, 2.24) is 20.4 Å². The van der Waals surface area contributed by atoms with E-state index in [2.05, 4.69) is 15.5 Å². The van der Waals surface area contributed by atoms with Crippen LogP contribution in [0.4, 0.5) is 0 Å². The molecule has 1 saturated heterocycles. The van der Waals surface area contributed by atoms with Gasteiger partial charge in [-0.15, -0.1) is 12.4 Å². The van der Waals surface area contributed by atoms with E-state index in [-0.39, 0.29) is 24.4 Å². The molecule has 1 aromatic carbocycles. The summed E-state index contributed by atoms with van der Waals surface area (Å²) in [7, 11) is 0. The van der Waals surface area contributed by atoms with Gasteiger partial charge in [-0.05, 0) is 12.1 Å². The minimum Gasteiger partial charge on any atom is -0.488 e. The van der Waals surface area contributed by atoms with Crippen LogP contribution in [0.15, 0.2) is 18.2 Å². The molecule has 9 heteroatoms. The van der Waals surface area contributed by atoms with E-state index in [1.807, 2.05) is 0 Å². The molecule has 140 valence electrons. The molecule has 0 bridgehead atoms. The fraction of sp³-hybridized carbons (Fsp3) is 0.412. The Kier molecular flexibility index (Phi) is 5.97. The Hall–Kier alpha value is -1.47. The maximum absolute atomic E-state index is 12.8. The van der Waals surface area contributed by atoms with E-state index in [1.54, 1.807) is 23.1 Å². The summed E-state index contributed by atoms with van der Waals surface area (Å²) in [6.45, 7) is 2.78. The predicted octanol–water partition coefficient (Wildman–Crippen LogP) is 3.08. The molecule has 1 aromatic heterocycles. The minimum absolute atomic E-state index is 0. The number of aromatic amines is 1. The number of rotatable bonds is 3. The Morgan fingerprint density at radius 3 is 2.96 bits per heavy atom. The Morgan fingerprint density at radius 1 is 1.31 bits per heavy atom. The second-order valence-electron chi connectivity index (χ2n) is 6.31. The molecular formula is C17H19Cl3N4O2. The molecule has 0 aliphatic carbocycles.